The number of benzene rings is 2. The van der Waals surface area contributed by atoms with E-state index in [0.717, 1.165) is 17.2 Å². The van der Waals surface area contributed by atoms with Gasteiger partial charge in [0.05, 0.1) is 17.9 Å². The lowest BCUT2D eigenvalue weighted by Crippen LogP contribution is -2.52. The molecule has 3 aromatic rings. The van der Waals surface area contributed by atoms with E-state index in [0.29, 0.717) is 36.2 Å². The van der Waals surface area contributed by atoms with Crippen molar-refractivity contribution in [1.82, 2.24) is 9.88 Å². The Morgan fingerprint density at radius 3 is 2.79 bits per heavy atom. The number of hydrogen-bond donors (Lipinski definition) is 1. The highest BCUT2D eigenvalue weighted by Crippen LogP contribution is 2.34. The first-order chi connectivity index (χ1) is 16.0. The number of rotatable bonds is 5. The van der Waals surface area contributed by atoms with Gasteiger partial charge in [-0.1, -0.05) is 11.6 Å². The minimum Gasteiger partial charge on any atom is -0.493 e. The number of halogens is 2. The van der Waals surface area contributed by atoms with Gasteiger partial charge in [-0.3, -0.25) is 14.6 Å². The van der Waals surface area contributed by atoms with Crippen molar-refractivity contribution in [3.8, 4) is 22.6 Å². The summed E-state index contributed by atoms with van der Waals surface area (Å²) in [5.41, 5.74) is 1.99. The second-order valence-corrected chi connectivity index (χ2v) is 8.37. The van der Waals surface area contributed by atoms with E-state index in [1.54, 1.807) is 23.4 Å². The predicted molar refractivity (Wildman–Crippen MR) is 120 cm³/mol. The molecule has 0 spiro atoms. The molecule has 1 fully saturated rings. The molecule has 33 heavy (non-hydrogen) atoms. The highest BCUT2D eigenvalue weighted by Gasteiger charge is 2.34. The molecule has 0 atom stereocenters. The number of pyridine rings is 1. The van der Waals surface area contributed by atoms with Crippen LogP contribution < -0.4 is 14.8 Å². The number of nitrogens with one attached hydrogen (secondary N) is 1. The molecule has 1 aromatic heterocycles. The average Bonchev–Trinajstić information content (AvgIpc) is 2.79. The standard InChI is InChI=1S/C24H19ClFN3O4/c25-16-1-2-21(17(7-16)15-3-5-27-6-4-15)32-12-14-10-29(11-14)24(31)18-8-20-22(9-19(18)26)33-13-23(30)28-20/h1-9,14H,10-13H2,(H,28,30). The molecule has 7 nitrogen and oxygen atoms in total. The Labute approximate surface area is 194 Å². The fourth-order valence-corrected chi connectivity index (χ4v) is 4.04. The van der Waals surface area contributed by atoms with Crippen molar-refractivity contribution >= 4 is 29.1 Å². The number of anilines is 1. The van der Waals surface area contributed by atoms with Gasteiger partial charge in [0.15, 0.2) is 6.61 Å². The average molecular weight is 468 g/mol. The van der Waals surface area contributed by atoms with Crippen LogP contribution in [0.1, 0.15) is 10.4 Å². The Hall–Kier alpha value is -3.65. The van der Waals surface area contributed by atoms with Gasteiger partial charge in [0.2, 0.25) is 0 Å². The van der Waals surface area contributed by atoms with Gasteiger partial charge >= 0.3 is 0 Å². The SMILES string of the molecule is O=C1COc2cc(F)c(C(=O)N3CC(COc4ccc(Cl)cc4-c4ccncc4)C3)cc2N1. The number of aromatic nitrogens is 1. The number of nitrogens with zero attached hydrogens (tertiary/aromatic N) is 2. The number of carbonyl (C=O) groups is 2. The first-order valence-corrected chi connectivity index (χ1v) is 10.7. The third kappa shape index (κ3) is 4.34. The topological polar surface area (TPSA) is 80.8 Å². The molecule has 2 aromatic carbocycles. The zero-order valence-corrected chi connectivity index (χ0v) is 18.1. The maximum Gasteiger partial charge on any atom is 0.262 e. The number of likely N-dealkylation sites (tertiary alicyclic amines) is 1. The maximum atomic E-state index is 14.5. The zero-order valence-electron chi connectivity index (χ0n) is 17.4. The highest BCUT2D eigenvalue weighted by atomic mass is 35.5. The van der Waals surface area contributed by atoms with E-state index in [9.17, 15) is 14.0 Å². The van der Waals surface area contributed by atoms with Crippen molar-refractivity contribution in [2.24, 2.45) is 5.92 Å². The lowest BCUT2D eigenvalue weighted by Gasteiger charge is -2.39. The summed E-state index contributed by atoms with van der Waals surface area (Å²) in [5, 5.41) is 3.19. The molecule has 1 N–H and O–H groups in total. The van der Waals surface area contributed by atoms with Crippen molar-refractivity contribution in [1.29, 1.82) is 0 Å². The summed E-state index contributed by atoms with van der Waals surface area (Å²) >= 11 is 6.17. The van der Waals surface area contributed by atoms with Gasteiger partial charge in [-0.15, -0.1) is 0 Å². The van der Waals surface area contributed by atoms with Crippen molar-refractivity contribution < 1.29 is 23.5 Å². The van der Waals surface area contributed by atoms with Crippen LogP contribution in [0.25, 0.3) is 11.1 Å². The first-order valence-electron chi connectivity index (χ1n) is 10.4. The normalized spacial score (nSPS) is 15.2. The minimum absolute atomic E-state index is 0.100. The molecule has 0 aliphatic carbocycles. The van der Waals surface area contributed by atoms with Crippen LogP contribution in [0.2, 0.25) is 5.02 Å². The van der Waals surface area contributed by atoms with E-state index in [1.165, 1.54) is 6.07 Å². The zero-order chi connectivity index (χ0) is 22.9. The number of fused-ring (bicyclic) bond motifs is 1. The Balaban J connectivity index is 1.22. The minimum atomic E-state index is -0.683. The molecular formula is C24H19ClFN3O4. The van der Waals surface area contributed by atoms with E-state index in [4.69, 9.17) is 21.1 Å². The Morgan fingerprint density at radius 1 is 1.21 bits per heavy atom. The highest BCUT2D eigenvalue weighted by molar-refractivity contribution is 6.31. The Kier molecular flexibility index (Phi) is 5.60. The van der Waals surface area contributed by atoms with Crippen LogP contribution in [0.3, 0.4) is 0 Å². The molecular weight excluding hydrogens is 449 g/mol. The van der Waals surface area contributed by atoms with Gasteiger partial charge in [0, 0.05) is 48.1 Å². The van der Waals surface area contributed by atoms with Gasteiger partial charge in [0.25, 0.3) is 11.8 Å². The summed E-state index contributed by atoms with van der Waals surface area (Å²) in [4.78, 5) is 29.9. The molecule has 3 heterocycles. The van der Waals surface area contributed by atoms with Crippen molar-refractivity contribution in [2.75, 3.05) is 31.6 Å². The van der Waals surface area contributed by atoms with E-state index < -0.39 is 11.7 Å². The van der Waals surface area contributed by atoms with E-state index >= 15 is 0 Å². The van der Waals surface area contributed by atoms with Crippen molar-refractivity contribution in [3.63, 3.8) is 0 Å². The third-order valence-corrected chi connectivity index (χ3v) is 5.82. The van der Waals surface area contributed by atoms with E-state index in [1.807, 2.05) is 24.3 Å². The van der Waals surface area contributed by atoms with E-state index in [-0.39, 0.29) is 29.7 Å². The van der Waals surface area contributed by atoms with Crippen LogP contribution in [0.4, 0.5) is 10.1 Å². The summed E-state index contributed by atoms with van der Waals surface area (Å²) < 4.78 is 25.7. The second-order valence-electron chi connectivity index (χ2n) is 7.93. The lowest BCUT2D eigenvalue weighted by atomic mass is 9.99. The lowest BCUT2D eigenvalue weighted by molar-refractivity contribution is -0.118. The van der Waals surface area contributed by atoms with Crippen LogP contribution in [-0.4, -0.2) is 48.0 Å². The molecule has 168 valence electrons. The predicted octanol–water partition coefficient (Wildman–Crippen LogP) is 4.02. The fraction of sp³-hybridized carbons (Fsp3) is 0.208. The van der Waals surface area contributed by atoms with Crippen molar-refractivity contribution in [3.05, 3.63) is 71.3 Å². The number of carbonyl (C=O) groups excluding carboxylic acids is 2. The molecule has 2 aliphatic heterocycles. The summed E-state index contributed by atoms with van der Waals surface area (Å²) in [7, 11) is 0. The van der Waals surface area contributed by atoms with Gasteiger partial charge in [-0.25, -0.2) is 4.39 Å². The molecule has 2 aliphatic rings. The van der Waals surface area contributed by atoms with Crippen LogP contribution in [-0.2, 0) is 4.79 Å². The monoisotopic (exact) mass is 467 g/mol. The van der Waals surface area contributed by atoms with Gasteiger partial charge in [-0.2, -0.15) is 0 Å². The largest absolute Gasteiger partial charge is 0.493 e. The van der Waals surface area contributed by atoms with Crippen LogP contribution >= 0.6 is 11.6 Å². The Bertz CT molecular complexity index is 1230. The van der Waals surface area contributed by atoms with Crippen molar-refractivity contribution in [2.45, 2.75) is 0 Å². The Morgan fingerprint density at radius 2 is 2.00 bits per heavy atom. The van der Waals surface area contributed by atoms with Crippen LogP contribution in [0.15, 0.2) is 54.9 Å². The fourth-order valence-electron chi connectivity index (χ4n) is 3.87. The third-order valence-electron chi connectivity index (χ3n) is 5.58. The summed E-state index contributed by atoms with van der Waals surface area (Å²) in [6, 6.07) is 11.6. The molecule has 5 rings (SSSR count). The number of ether oxygens (including phenoxy) is 2. The molecule has 0 radical (unpaired) electrons. The van der Waals surface area contributed by atoms with Gasteiger partial charge < -0.3 is 19.7 Å². The van der Waals surface area contributed by atoms with Crippen LogP contribution in [0.5, 0.6) is 11.5 Å². The summed E-state index contributed by atoms with van der Waals surface area (Å²) in [5.74, 6) is -0.452. The first kappa shape index (κ1) is 21.2. The molecule has 1 saturated heterocycles. The quantitative estimate of drug-likeness (QED) is 0.613. The summed E-state index contributed by atoms with van der Waals surface area (Å²) in [6.45, 7) is 1.11. The smallest absolute Gasteiger partial charge is 0.262 e. The molecule has 9 heteroatoms. The second kappa shape index (κ2) is 8.71. The number of amides is 2. The summed E-state index contributed by atoms with van der Waals surface area (Å²) in [6.07, 6.45) is 3.40. The van der Waals surface area contributed by atoms with Gasteiger partial charge in [-0.05, 0) is 42.0 Å². The molecule has 0 saturated carbocycles. The maximum absolute atomic E-state index is 14.5. The van der Waals surface area contributed by atoms with Crippen LogP contribution in [0, 0.1) is 11.7 Å². The molecule has 0 bridgehead atoms. The van der Waals surface area contributed by atoms with Gasteiger partial charge in [0.1, 0.15) is 17.3 Å². The molecule has 2 amide bonds. The van der Waals surface area contributed by atoms with E-state index in [2.05, 4.69) is 10.3 Å². The molecule has 0 unspecified atom stereocenters. The number of hydrogen-bond acceptors (Lipinski definition) is 5.